The third kappa shape index (κ3) is 2.50. The van der Waals surface area contributed by atoms with Crippen molar-refractivity contribution in [3.05, 3.63) is 0 Å². The second-order valence-corrected chi connectivity index (χ2v) is 4.48. The van der Waals surface area contributed by atoms with Crippen molar-refractivity contribution in [3.63, 3.8) is 0 Å². The molecule has 1 aliphatic heterocycles. The molecule has 0 unspecified atom stereocenters. The van der Waals surface area contributed by atoms with Crippen molar-refractivity contribution in [3.8, 4) is 0 Å². The highest BCUT2D eigenvalue weighted by Crippen LogP contribution is 2.35. The van der Waals surface area contributed by atoms with Gasteiger partial charge in [-0.15, -0.1) is 0 Å². The first-order valence-corrected chi connectivity index (χ1v) is 5.95. The van der Waals surface area contributed by atoms with Crippen LogP contribution >= 0.6 is 0 Å². The van der Waals surface area contributed by atoms with Gasteiger partial charge in [0.15, 0.2) is 5.79 Å². The maximum atomic E-state index is 9.87. The van der Waals surface area contributed by atoms with Gasteiger partial charge in [-0.05, 0) is 19.4 Å². The summed E-state index contributed by atoms with van der Waals surface area (Å²) < 4.78 is 11.3. The smallest absolute Gasteiger partial charge is 0.170 e. The summed E-state index contributed by atoms with van der Waals surface area (Å²) in [5.74, 6) is -0.398. The molecule has 4 heteroatoms. The lowest BCUT2D eigenvalue weighted by atomic mass is 9.87. The topological polar surface area (TPSA) is 50.7 Å². The van der Waals surface area contributed by atoms with E-state index in [1.807, 2.05) is 0 Å². The highest BCUT2D eigenvalue weighted by molar-refractivity contribution is 4.91. The van der Waals surface area contributed by atoms with E-state index in [0.717, 1.165) is 32.2 Å². The van der Waals surface area contributed by atoms with Gasteiger partial charge in [0.05, 0.1) is 19.3 Å². The number of aliphatic hydroxyl groups excluding tert-OH is 1. The predicted octanol–water partition coefficient (Wildman–Crippen LogP) is 0.642. The predicted molar refractivity (Wildman–Crippen MR) is 56.6 cm³/mol. The van der Waals surface area contributed by atoms with Gasteiger partial charge in [-0.2, -0.15) is 0 Å². The first-order chi connectivity index (χ1) is 7.26. The van der Waals surface area contributed by atoms with Gasteiger partial charge in [-0.1, -0.05) is 6.92 Å². The first-order valence-electron chi connectivity index (χ1n) is 5.95. The van der Waals surface area contributed by atoms with E-state index in [0.29, 0.717) is 13.2 Å². The minimum absolute atomic E-state index is 0.122. The minimum Gasteiger partial charge on any atom is -0.391 e. The fourth-order valence-electron chi connectivity index (χ4n) is 2.44. The molecule has 2 rings (SSSR count). The van der Waals surface area contributed by atoms with E-state index >= 15 is 0 Å². The molecule has 1 heterocycles. The third-order valence-electron chi connectivity index (χ3n) is 3.29. The molecule has 2 fully saturated rings. The highest BCUT2D eigenvalue weighted by Gasteiger charge is 2.44. The Bertz CT molecular complexity index is 204. The Morgan fingerprint density at radius 3 is 2.80 bits per heavy atom. The van der Waals surface area contributed by atoms with E-state index in [9.17, 15) is 5.11 Å². The van der Waals surface area contributed by atoms with Crippen LogP contribution in [0, 0.1) is 0 Å². The van der Waals surface area contributed by atoms with Crippen molar-refractivity contribution in [1.82, 2.24) is 5.32 Å². The van der Waals surface area contributed by atoms with E-state index in [4.69, 9.17) is 9.47 Å². The number of aliphatic hydroxyl groups is 1. The molecule has 0 radical (unpaired) electrons. The summed E-state index contributed by atoms with van der Waals surface area (Å²) >= 11 is 0. The molecule has 0 amide bonds. The van der Waals surface area contributed by atoms with Crippen LogP contribution in [0.15, 0.2) is 0 Å². The summed E-state index contributed by atoms with van der Waals surface area (Å²) in [7, 11) is 0. The van der Waals surface area contributed by atoms with Gasteiger partial charge >= 0.3 is 0 Å². The van der Waals surface area contributed by atoms with Crippen LogP contribution in [0.25, 0.3) is 0 Å². The van der Waals surface area contributed by atoms with Gasteiger partial charge in [-0.25, -0.2) is 0 Å². The van der Waals surface area contributed by atoms with Crippen LogP contribution in [0.1, 0.15) is 32.6 Å². The van der Waals surface area contributed by atoms with Crippen LogP contribution < -0.4 is 5.32 Å². The number of hydrogen-bond acceptors (Lipinski definition) is 4. The zero-order valence-corrected chi connectivity index (χ0v) is 9.37. The van der Waals surface area contributed by atoms with Crippen molar-refractivity contribution in [1.29, 1.82) is 0 Å². The van der Waals surface area contributed by atoms with E-state index in [-0.39, 0.29) is 12.1 Å². The maximum absolute atomic E-state index is 9.87. The van der Waals surface area contributed by atoms with E-state index in [2.05, 4.69) is 12.2 Å². The summed E-state index contributed by atoms with van der Waals surface area (Å²) in [6.45, 7) is 4.45. The fourth-order valence-corrected chi connectivity index (χ4v) is 2.44. The van der Waals surface area contributed by atoms with Crippen LogP contribution in [0.4, 0.5) is 0 Å². The number of hydrogen-bond donors (Lipinski definition) is 2. The molecule has 0 aromatic rings. The van der Waals surface area contributed by atoms with E-state index in [1.54, 1.807) is 0 Å². The summed E-state index contributed by atoms with van der Waals surface area (Å²) in [6.07, 6.45) is 3.18. The van der Waals surface area contributed by atoms with E-state index in [1.165, 1.54) is 0 Å². The fraction of sp³-hybridized carbons (Fsp3) is 1.00. The molecule has 88 valence electrons. The number of rotatable bonds is 3. The van der Waals surface area contributed by atoms with Crippen molar-refractivity contribution >= 4 is 0 Å². The van der Waals surface area contributed by atoms with Gasteiger partial charge < -0.3 is 19.9 Å². The lowest BCUT2D eigenvalue weighted by Crippen LogP contribution is -2.51. The van der Waals surface area contributed by atoms with Gasteiger partial charge in [0, 0.05) is 18.9 Å². The van der Waals surface area contributed by atoms with Crippen LogP contribution in [0.5, 0.6) is 0 Å². The average Bonchev–Trinajstić information content (AvgIpc) is 2.69. The third-order valence-corrected chi connectivity index (χ3v) is 3.29. The number of nitrogens with one attached hydrogen (secondary N) is 1. The molecule has 1 spiro atoms. The van der Waals surface area contributed by atoms with E-state index < -0.39 is 5.79 Å². The zero-order valence-electron chi connectivity index (χ0n) is 9.37. The Morgan fingerprint density at radius 1 is 1.40 bits per heavy atom. The minimum atomic E-state index is -0.398. The Morgan fingerprint density at radius 2 is 2.13 bits per heavy atom. The lowest BCUT2D eigenvalue weighted by Gasteiger charge is -2.39. The standard InChI is InChI=1S/C11H21NO3/c1-2-5-12-9-8-11(4-3-10(9)13)14-6-7-15-11/h9-10,12-13H,2-8H2,1H3/t9-,10-/m0/s1. The molecule has 2 aliphatic rings. The molecule has 2 atom stereocenters. The summed E-state index contributed by atoms with van der Waals surface area (Å²) in [5.41, 5.74) is 0. The summed E-state index contributed by atoms with van der Waals surface area (Å²) in [6, 6.07) is 0.122. The lowest BCUT2D eigenvalue weighted by molar-refractivity contribution is -0.194. The highest BCUT2D eigenvalue weighted by atomic mass is 16.7. The molecule has 1 saturated heterocycles. The molecule has 15 heavy (non-hydrogen) atoms. The van der Waals surface area contributed by atoms with Gasteiger partial charge in [0.25, 0.3) is 0 Å². The Kier molecular flexibility index (Phi) is 3.61. The van der Waals surface area contributed by atoms with Crippen LogP contribution in [0.3, 0.4) is 0 Å². The Labute approximate surface area is 90.9 Å². The van der Waals surface area contributed by atoms with Crippen LogP contribution in [0.2, 0.25) is 0 Å². The molecule has 1 saturated carbocycles. The molecular weight excluding hydrogens is 194 g/mol. The first kappa shape index (κ1) is 11.3. The molecule has 1 aliphatic carbocycles. The Balaban J connectivity index is 1.91. The largest absolute Gasteiger partial charge is 0.391 e. The van der Waals surface area contributed by atoms with Gasteiger partial charge in [-0.3, -0.25) is 0 Å². The van der Waals surface area contributed by atoms with Gasteiger partial charge in [0.1, 0.15) is 0 Å². The van der Waals surface area contributed by atoms with Crippen molar-refractivity contribution in [2.24, 2.45) is 0 Å². The van der Waals surface area contributed by atoms with Crippen molar-refractivity contribution in [2.45, 2.75) is 50.5 Å². The molecular formula is C11H21NO3. The zero-order chi connectivity index (χ0) is 10.7. The summed E-state index contributed by atoms with van der Waals surface area (Å²) in [5, 5.41) is 13.2. The quantitative estimate of drug-likeness (QED) is 0.725. The van der Waals surface area contributed by atoms with Crippen LogP contribution in [-0.2, 0) is 9.47 Å². The molecule has 4 nitrogen and oxygen atoms in total. The van der Waals surface area contributed by atoms with Crippen molar-refractivity contribution < 1.29 is 14.6 Å². The maximum Gasteiger partial charge on any atom is 0.170 e. The second-order valence-electron chi connectivity index (χ2n) is 4.48. The Hall–Kier alpha value is -0.160. The monoisotopic (exact) mass is 215 g/mol. The van der Waals surface area contributed by atoms with Crippen molar-refractivity contribution in [2.75, 3.05) is 19.8 Å². The average molecular weight is 215 g/mol. The normalized spacial score (nSPS) is 34.8. The van der Waals surface area contributed by atoms with Gasteiger partial charge in [0.2, 0.25) is 0 Å². The number of ether oxygens (including phenoxy) is 2. The SMILES string of the molecule is CCCN[C@H]1CC2(CC[C@@H]1O)OCCO2. The molecule has 2 N–H and O–H groups in total. The second kappa shape index (κ2) is 4.78. The van der Waals surface area contributed by atoms with Crippen LogP contribution in [-0.4, -0.2) is 42.8 Å². The summed E-state index contributed by atoms with van der Waals surface area (Å²) in [4.78, 5) is 0. The molecule has 0 aromatic carbocycles. The molecule has 0 bridgehead atoms. The molecule has 0 aromatic heterocycles.